The summed E-state index contributed by atoms with van der Waals surface area (Å²) in [5, 5.41) is 4.53. The molecule has 0 radical (unpaired) electrons. The lowest BCUT2D eigenvalue weighted by atomic mass is 10.1. The van der Waals surface area contributed by atoms with Gasteiger partial charge in [-0.25, -0.2) is 0 Å². The Bertz CT molecular complexity index is 949. The van der Waals surface area contributed by atoms with Crippen molar-refractivity contribution < 1.29 is 32.3 Å². The molecule has 2 N–H and O–H groups in total. The van der Waals surface area contributed by atoms with E-state index in [0.717, 1.165) is 12.1 Å². The van der Waals surface area contributed by atoms with Crippen molar-refractivity contribution in [2.45, 2.75) is 26.1 Å². The highest BCUT2D eigenvalue weighted by Crippen LogP contribution is 2.34. The Morgan fingerprint density at radius 3 is 2.29 bits per heavy atom. The zero-order valence-corrected chi connectivity index (χ0v) is 17.4. The van der Waals surface area contributed by atoms with Gasteiger partial charge in [0.25, 0.3) is 11.8 Å². The van der Waals surface area contributed by atoms with Gasteiger partial charge in [0.05, 0.1) is 16.3 Å². The molecule has 1 atom stereocenters. The van der Waals surface area contributed by atoms with Gasteiger partial charge in [-0.2, -0.15) is 13.2 Å². The van der Waals surface area contributed by atoms with E-state index in [1.54, 1.807) is 44.2 Å². The molecule has 31 heavy (non-hydrogen) atoms. The summed E-state index contributed by atoms with van der Waals surface area (Å²) in [6.45, 7) is 2.69. The van der Waals surface area contributed by atoms with Crippen LogP contribution in [0, 0.1) is 5.92 Å². The molecular weight excluding hydrogens is 437 g/mol. The summed E-state index contributed by atoms with van der Waals surface area (Å²) in [7, 11) is 0. The molecule has 0 saturated carbocycles. The maximum atomic E-state index is 12.9. The largest absolute Gasteiger partial charge is 0.451 e. The van der Waals surface area contributed by atoms with Gasteiger partial charge in [0.1, 0.15) is 6.54 Å². The molecule has 10 heteroatoms. The summed E-state index contributed by atoms with van der Waals surface area (Å²) >= 11 is 5.89. The Kier molecular flexibility index (Phi) is 8.04. The van der Waals surface area contributed by atoms with Crippen LogP contribution in [0.1, 0.15) is 29.8 Å². The first kappa shape index (κ1) is 24.2. The molecule has 2 amide bonds. The van der Waals surface area contributed by atoms with Crippen LogP contribution in [0.3, 0.4) is 0 Å². The Balaban J connectivity index is 2.02. The molecule has 0 spiro atoms. The number of halogens is 4. The predicted molar refractivity (Wildman–Crippen MR) is 109 cm³/mol. The molecule has 0 aliphatic heterocycles. The van der Waals surface area contributed by atoms with Gasteiger partial charge in [-0.15, -0.1) is 0 Å². The first-order chi connectivity index (χ1) is 14.5. The number of nitrogens with one attached hydrogen (secondary N) is 2. The number of rotatable bonds is 7. The van der Waals surface area contributed by atoms with E-state index in [0.29, 0.717) is 11.6 Å². The molecule has 0 heterocycles. The van der Waals surface area contributed by atoms with Crippen LogP contribution in [-0.4, -0.2) is 30.4 Å². The van der Waals surface area contributed by atoms with Crippen molar-refractivity contribution >= 4 is 35.1 Å². The van der Waals surface area contributed by atoms with Crippen molar-refractivity contribution in [3.8, 4) is 0 Å². The summed E-state index contributed by atoms with van der Waals surface area (Å²) in [4.78, 5) is 36.6. The minimum Gasteiger partial charge on any atom is -0.451 e. The van der Waals surface area contributed by atoms with E-state index in [1.807, 2.05) is 0 Å². The molecule has 2 aromatic carbocycles. The number of hydrogen-bond donors (Lipinski definition) is 2. The lowest BCUT2D eigenvalue weighted by Gasteiger charge is -2.21. The van der Waals surface area contributed by atoms with E-state index < -0.39 is 48.1 Å². The van der Waals surface area contributed by atoms with Crippen LogP contribution in [-0.2, 0) is 20.5 Å². The molecule has 6 nitrogen and oxygen atoms in total. The Morgan fingerprint density at radius 2 is 1.71 bits per heavy atom. The lowest BCUT2D eigenvalue weighted by Crippen LogP contribution is -2.40. The van der Waals surface area contributed by atoms with Gasteiger partial charge in [0, 0.05) is 5.56 Å². The van der Waals surface area contributed by atoms with E-state index >= 15 is 0 Å². The summed E-state index contributed by atoms with van der Waals surface area (Å²) < 4.78 is 43.9. The van der Waals surface area contributed by atoms with Gasteiger partial charge in [0.2, 0.25) is 0 Å². The average molecular weight is 457 g/mol. The smallest absolute Gasteiger partial charge is 0.416 e. The predicted octanol–water partition coefficient (Wildman–Crippen LogP) is 4.30. The SMILES string of the molecule is CC(C)C(OC(=O)CNC(=O)c1ccccc1)C(=O)Nc1cc(C(F)(F)F)ccc1Cl. The van der Waals surface area contributed by atoms with Crippen LogP contribution in [0.4, 0.5) is 18.9 Å². The Morgan fingerprint density at radius 1 is 1.06 bits per heavy atom. The average Bonchev–Trinajstić information content (AvgIpc) is 2.71. The molecule has 0 aromatic heterocycles. The molecule has 166 valence electrons. The van der Waals surface area contributed by atoms with Crippen molar-refractivity contribution in [3.63, 3.8) is 0 Å². The minimum absolute atomic E-state index is 0.106. The zero-order valence-electron chi connectivity index (χ0n) is 16.6. The van der Waals surface area contributed by atoms with Gasteiger partial charge >= 0.3 is 12.1 Å². The van der Waals surface area contributed by atoms with Crippen molar-refractivity contribution in [3.05, 3.63) is 64.7 Å². The van der Waals surface area contributed by atoms with Crippen LogP contribution in [0.15, 0.2) is 48.5 Å². The van der Waals surface area contributed by atoms with E-state index in [4.69, 9.17) is 16.3 Å². The fraction of sp³-hybridized carbons (Fsp3) is 0.286. The van der Waals surface area contributed by atoms with Gasteiger partial charge in [-0.3, -0.25) is 14.4 Å². The second-order valence-electron chi connectivity index (χ2n) is 6.88. The van der Waals surface area contributed by atoms with Crippen LogP contribution < -0.4 is 10.6 Å². The lowest BCUT2D eigenvalue weighted by molar-refractivity contribution is -0.155. The quantitative estimate of drug-likeness (QED) is 0.608. The highest BCUT2D eigenvalue weighted by molar-refractivity contribution is 6.33. The van der Waals surface area contributed by atoms with Crippen LogP contribution in [0.25, 0.3) is 0 Å². The van der Waals surface area contributed by atoms with E-state index in [2.05, 4.69) is 10.6 Å². The van der Waals surface area contributed by atoms with Gasteiger partial charge in [0.15, 0.2) is 6.10 Å². The monoisotopic (exact) mass is 456 g/mol. The minimum atomic E-state index is -4.62. The number of anilines is 1. The zero-order chi connectivity index (χ0) is 23.2. The van der Waals surface area contributed by atoms with Crippen molar-refractivity contribution in [2.75, 3.05) is 11.9 Å². The number of carbonyl (C=O) groups excluding carboxylic acids is 3. The van der Waals surface area contributed by atoms with Crippen molar-refractivity contribution in [2.24, 2.45) is 5.92 Å². The number of hydrogen-bond acceptors (Lipinski definition) is 4. The number of alkyl halides is 3. The summed E-state index contributed by atoms with van der Waals surface area (Å²) in [6.07, 6.45) is -5.93. The topological polar surface area (TPSA) is 84.5 Å². The van der Waals surface area contributed by atoms with E-state index in [9.17, 15) is 27.6 Å². The summed E-state index contributed by atoms with van der Waals surface area (Å²) in [6, 6.07) is 10.7. The maximum absolute atomic E-state index is 12.9. The van der Waals surface area contributed by atoms with Crippen molar-refractivity contribution in [1.82, 2.24) is 5.32 Å². The first-order valence-corrected chi connectivity index (χ1v) is 9.57. The number of amides is 2. The van der Waals surface area contributed by atoms with Gasteiger partial charge < -0.3 is 15.4 Å². The highest BCUT2D eigenvalue weighted by Gasteiger charge is 2.32. The summed E-state index contributed by atoms with van der Waals surface area (Å²) in [5.41, 5.74) is -0.915. The van der Waals surface area contributed by atoms with E-state index in [-0.39, 0.29) is 10.7 Å². The molecule has 0 aliphatic rings. The fourth-order valence-electron chi connectivity index (χ4n) is 2.52. The van der Waals surface area contributed by atoms with Gasteiger partial charge in [-0.1, -0.05) is 43.6 Å². The molecule has 0 bridgehead atoms. The summed E-state index contributed by atoms with van der Waals surface area (Å²) in [5.74, 6) is -2.73. The Hall–Kier alpha value is -3.07. The second-order valence-corrected chi connectivity index (χ2v) is 7.29. The first-order valence-electron chi connectivity index (χ1n) is 9.19. The molecule has 2 rings (SSSR count). The molecule has 0 aliphatic carbocycles. The van der Waals surface area contributed by atoms with Crippen molar-refractivity contribution in [1.29, 1.82) is 0 Å². The third-order valence-corrected chi connectivity index (χ3v) is 4.43. The number of benzene rings is 2. The van der Waals surface area contributed by atoms with E-state index in [1.165, 1.54) is 0 Å². The molecule has 2 aromatic rings. The molecular formula is C21H20ClF3N2O4. The second kappa shape index (κ2) is 10.3. The van der Waals surface area contributed by atoms with Crippen LogP contribution in [0.2, 0.25) is 5.02 Å². The maximum Gasteiger partial charge on any atom is 0.416 e. The number of carbonyl (C=O) groups is 3. The third kappa shape index (κ3) is 6.99. The molecule has 1 unspecified atom stereocenters. The third-order valence-electron chi connectivity index (χ3n) is 4.10. The molecule has 0 saturated heterocycles. The van der Waals surface area contributed by atoms with Crippen LogP contribution >= 0.6 is 11.6 Å². The van der Waals surface area contributed by atoms with Crippen LogP contribution in [0.5, 0.6) is 0 Å². The highest BCUT2D eigenvalue weighted by atomic mass is 35.5. The molecule has 0 fully saturated rings. The Labute approximate surface area is 181 Å². The standard InChI is InChI=1S/C21H20ClF3N2O4/c1-12(2)18(31-17(28)11-26-19(29)13-6-4-3-5-7-13)20(30)27-16-10-14(21(23,24)25)8-9-15(16)22/h3-10,12,18H,11H2,1-2H3,(H,26,29)(H,27,30). The number of esters is 1. The van der Waals surface area contributed by atoms with Gasteiger partial charge in [-0.05, 0) is 36.2 Å². The fourth-order valence-corrected chi connectivity index (χ4v) is 2.69. The normalized spacial score (nSPS) is 12.2. The number of ether oxygens (including phenoxy) is 1.